The molecular weight excluding hydrogens is 274 g/mol. The third kappa shape index (κ3) is 3.59. The number of amides is 1. The summed E-state index contributed by atoms with van der Waals surface area (Å²) in [5, 5.41) is 12.8. The van der Waals surface area contributed by atoms with Crippen molar-refractivity contribution >= 4 is 17.5 Å². The van der Waals surface area contributed by atoms with Crippen LogP contribution in [0.2, 0.25) is 5.02 Å². The lowest BCUT2D eigenvalue weighted by molar-refractivity contribution is 0.0916. The molecule has 2 N–H and O–H groups in total. The van der Waals surface area contributed by atoms with E-state index in [0.29, 0.717) is 10.6 Å². The van der Waals surface area contributed by atoms with Crippen LogP contribution in [0.15, 0.2) is 48.5 Å². The SMILES string of the molecule is Cc1cc(Cl)cc(C(=O)N[C@H](CO)c2ccccc2)c1. The van der Waals surface area contributed by atoms with Gasteiger partial charge in [0.2, 0.25) is 0 Å². The Labute approximate surface area is 123 Å². The second-order valence-corrected chi connectivity index (χ2v) is 5.07. The number of hydrogen-bond donors (Lipinski definition) is 2. The third-order valence-corrected chi connectivity index (χ3v) is 3.21. The van der Waals surface area contributed by atoms with Gasteiger partial charge in [-0.15, -0.1) is 0 Å². The first-order chi connectivity index (χ1) is 9.60. The number of carbonyl (C=O) groups is 1. The Bertz CT molecular complexity index is 578. The van der Waals surface area contributed by atoms with Crippen LogP contribution in [0.5, 0.6) is 0 Å². The normalized spacial score (nSPS) is 11.9. The number of halogens is 1. The Balaban J connectivity index is 2.17. The smallest absolute Gasteiger partial charge is 0.251 e. The zero-order valence-electron chi connectivity index (χ0n) is 11.1. The maximum Gasteiger partial charge on any atom is 0.251 e. The van der Waals surface area contributed by atoms with E-state index in [1.165, 1.54) is 0 Å². The number of hydrogen-bond acceptors (Lipinski definition) is 2. The highest BCUT2D eigenvalue weighted by atomic mass is 35.5. The van der Waals surface area contributed by atoms with Gasteiger partial charge in [-0.2, -0.15) is 0 Å². The summed E-state index contributed by atoms with van der Waals surface area (Å²) in [6.45, 7) is 1.72. The summed E-state index contributed by atoms with van der Waals surface area (Å²) >= 11 is 5.95. The molecule has 3 nitrogen and oxygen atoms in total. The lowest BCUT2D eigenvalue weighted by atomic mass is 10.1. The van der Waals surface area contributed by atoms with E-state index in [0.717, 1.165) is 11.1 Å². The van der Waals surface area contributed by atoms with Crippen LogP contribution in [0.1, 0.15) is 27.5 Å². The largest absolute Gasteiger partial charge is 0.394 e. The zero-order chi connectivity index (χ0) is 14.5. The molecule has 104 valence electrons. The molecule has 0 unspecified atom stereocenters. The monoisotopic (exact) mass is 289 g/mol. The first-order valence-corrected chi connectivity index (χ1v) is 6.72. The van der Waals surface area contributed by atoms with Gasteiger partial charge in [0.25, 0.3) is 5.91 Å². The fourth-order valence-electron chi connectivity index (χ4n) is 2.03. The molecule has 0 aliphatic carbocycles. The topological polar surface area (TPSA) is 49.3 Å². The van der Waals surface area contributed by atoms with Crippen LogP contribution >= 0.6 is 11.6 Å². The van der Waals surface area contributed by atoms with Gasteiger partial charge in [-0.25, -0.2) is 0 Å². The number of aliphatic hydroxyl groups is 1. The molecule has 2 rings (SSSR count). The lowest BCUT2D eigenvalue weighted by Crippen LogP contribution is -2.30. The molecule has 0 aliphatic rings. The van der Waals surface area contributed by atoms with Crippen LogP contribution in [0, 0.1) is 6.92 Å². The van der Waals surface area contributed by atoms with Crippen molar-refractivity contribution in [3.63, 3.8) is 0 Å². The number of benzene rings is 2. The van der Waals surface area contributed by atoms with Crippen molar-refractivity contribution in [1.29, 1.82) is 0 Å². The molecule has 20 heavy (non-hydrogen) atoms. The van der Waals surface area contributed by atoms with Gasteiger partial charge < -0.3 is 10.4 Å². The van der Waals surface area contributed by atoms with Crippen molar-refractivity contribution in [2.24, 2.45) is 0 Å². The third-order valence-electron chi connectivity index (χ3n) is 2.99. The molecule has 1 amide bonds. The summed E-state index contributed by atoms with van der Waals surface area (Å²) in [5.41, 5.74) is 2.27. The van der Waals surface area contributed by atoms with Crippen molar-refractivity contribution in [3.8, 4) is 0 Å². The van der Waals surface area contributed by atoms with Crippen molar-refractivity contribution in [2.75, 3.05) is 6.61 Å². The second-order valence-electron chi connectivity index (χ2n) is 4.64. The molecule has 0 heterocycles. The number of carbonyl (C=O) groups excluding carboxylic acids is 1. The number of aryl methyl sites for hydroxylation is 1. The zero-order valence-corrected chi connectivity index (χ0v) is 11.9. The maximum absolute atomic E-state index is 12.2. The van der Waals surface area contributed by atoms with Crippen molar-refractivity contribution in [3.05, 3.63) is 70.2 Å². The number of nitrogens with one attached hydrogen (secondary N) is 1. The Kier molecular flexibility index (Phi) is 4.77. The highest BCUT2D eigenvalue weighted by Gasteiger charge is 2.15. The predicted octanol–water partition coefficient (Wildman–Crippen LogP) is 3.11. The van der Waals surface area contributed by atoms with Crippen LogP contribution < -0.4 is 5.32 Å². The van der Waals surface area contributed by atoms with Gasteiger partial charge in [0, 0.05) is 10.6 Å². The van der Waals surface area contributed by atoms with Crippen LogP contribution in [-0.4, -0.2) is 17.6 Å². The van der Waals surface area contributed by atoms with Crippen molar-refractivity contribution in [1.82, 2.24) is 5.32 Å². The molecule has 0 saturated heterocycles. The highest BCUT2D eigenvalue weighted by molar-refractivity contribution is 6.31. The van der Waals surface area contributed by atoms with Crippen molar-refractivity contribution < 1.29 is 9.90 Å². The first-order valence-electron chi connectivity index (χ1n) is 6.34. The molecule has 0 bridgehead atoms. The van der Waals surface area contributed by atoms with Gasteiger partial charge in [-0.05, 0) is 36.2 Å². The van der Waals surface area contributed by atoms with Gasteiger partial charge in [0.1, 0.15) is 0 Å². The Morgan fingerprint density at radius 2 is 1.95 bits per heavy atom. The summed E-state index contributed by atoms with van der Waals surface area (Å²) in [6, 6.07) is 14.1. The van der Waals surface area contributed by atoms with Gasteiger partial charge in [-0.1, -0.05) is 41.9 Å². The quantitative estimate of drug-likeness (QED) is 0.908. The Morgan fingerprint density at radius 3 is 2.55 bits per heavy atom. The first kappa shape index (κ1) is 14.6. The number of aliphatic hydroxyl groups excluding tert-OH is 1. The molecule has 2 aromatic carbocycles. The van der Waals surface area contributed by atoms with Crippen LogP contribution in [0.25, 0.3) is 0 Å². The summed E-state index contributed by atoms with van der Waals surface area (Å²) in [4.78, 5) is 12.2. The highest BCUT2D eigenvalue weighted by Crippen LogP contribution is 2.17. The second kappa shape index (κ2) is 6.55. The minimum atomic E-state index is -0.428. The average molecular weight is 290 g/mol. The van der Waals surface area contributed by atoms with Gasteiger partial charge in [0.05, 0.1) is 12.6 Å². The van der Waals surface area contributed by atoms with Crippen LogP contribution in [-0.2, 0) is 0 Å². The molecule has 4 heteroatoms. The molecule has 1 atom stereocenters. The minimum Gasteiger partial charge on any atom is -0.394 e. The average Bonchev–Trinajstić information content (AvgIpc) is 2.44. The van der Waals surface area contributed by atoms with E-state index in [1.54, 1.807) is 18.2 Å². The van der Waals surface area contributed by atoms with E-state index >= 15 is 0 Å². The van der Waals surface area contributed by atoms with E-state index in [4.69, 9.17) is 11.6 Å². The summed E-state index contributed by atoms with van der Waals surface area (Å²) in [5.74, 6) is -0.251. The molecule has 0 radical (unpaired) electrons. The molecule has 0 aromatic heterocycles. The van der Waals surface area contributed by atoms with Crippen LogP contribution in [0.4, 0.5) is 0 Å². The standard InChI is InChI=1S/C16H16ClNO2/c1-11-7-13(9-14(17)8-11)16(20)18-15(10-19)12-5-3-2-4-6-12/h2-9,15,19H,10H2,1H3,(H,18,20)/t15-/m1/s1. The number of rotatable bonds is 4. The van der Waals surface area contributed by atoms with Gasteiger partial charge >= 0.3 is 0 Å². The molecule has 0 spiro atoms. The molecule has 0 aliphatic heterocycles. The fourth-order valence-corrected chi connectivity index (χ4v) is 2.32. The van der Waals surface area contributed by atoms with E-state index in [1.807, 2.05) is 37.3 Å². The predicted molar refractivity (Wildman–Crippen MR) is 79.9 cm³/mol. The molecule has 0 saturated carbocycles. The van der Waals surface area contributed by atoms with E-state index in [2.05, 4.69) is 5.32 Å². The van der Waals surface area contributed by atoms with E-state index in [-0.39, 0.29) is 12.5 Å². The summed E-state index contributed by atoms with van der Waals surface area (Å²) < 4.78 is 0. The molecule has 0 fully saturated rings. The Morgan fingerprint density at radius 1 is 1.25 bits per heavy atom. The molecular formula is C16H16ClNO2. The van der Waals surface area contributed by atoms with Crippen LogP contribution in [0.3, 0.4) is 0 Å². The lowest BCUT2D eigenvalue weighted by Gasteiger charge is -2.17. The van der Waals surface area contributed by atoms with E-state index in [9.17, 15) is 9.90 Å². The maximum atomic E-state index is 12.2. The summed E-state index contributed by atoms with van der Waals surface area (Å²) in [7, 11) is 0. The van der Waals surface area contributed by atoms with Gasteiger partial charge in [-0.3, -0.25) is 4.79 Å². The Hall–Kier alpha value is -1.84. The molecule has 2 aromatic rings. The summed E-state index contributed by atoms with van der Waals surface area (Å²) in [6.07, 6.45) is 0. The van der Waals surface area contributed by atoms with E-state index < -0.39 is 6.04 Å². The fraction of sp³-hybridized carbons (Fsp3) is 0.188. The van der Waals surface area contributed by atoms with Crippen molar-refractivity contribution in [2.45, 2.75) is 13.0 Å². The minimum absolute atomic E-state index is 0.157. The van der Waals surface area contributed by atoms with Gasteiger partial charge in [0.15, 0.2) is 0 Å².